The molecule has 1 aromatic carbocycles. The molecule has 0 atom stereocenters. The topological polar surface area (TPSA) is 59.6 Å². The summed E-state index contributed by atoms with van der Waals surface area (Å²) in [6, 6.07) is 7.38. The first-order chi connectivity index (χ1) is 11.8. The fourth-order valence-electron chi connectivity index (χ4n) is 2.72. The highest BCUT2D eigenvalue weighted by molar-refractivity contribution is 5.89. The smallest absolute Gasteiger partial charge is 0.319 e. The number of nitrogens with one attached hydrogen (secondary N) is 2. The van der Waals surface area contributed by atoms with Gasteiger partial charge in [0.1, 0.15) is 5.75 Å². The zero-order valence-corrected chi connectivity index (χ0v) is 14.7. The second kappa shape index (κ2) is 10.9. The first kappa shape index (κ1) is 18.6. The van der Waals surface area contributed by atoms with Crippen LogP contribution < -0.4 is 15.4 Å². The molecular weight excluding hydrogens is 304 g/mol. The summed E-state index contributed by atoms with van der Waals surface area (Å²) >= 11 is 0. The molecule has 0 heterocycles. The minimum atomic E-state index is -0.187. The predicted octanol–water partition coefficient (Wildman–Crippen LogP) is 4.34. The maximum Gasteiger partial charge on any atom is 0.319 e. The van der Waals surface area contributed by atoms with Gasteiger partial charge in [-0.2, -0.15) is 0 Å². The van der Waals surface area contributed by atoms with Crippen LogP contribution in [-0.4, -0.2) is 31.9 Å². The monoisotopic (exact) mass is 334 g/mol. The van der Waals surface area contributed by atoms with Crippen LogP contribution in [0.15, 0.2) is 24.3 Å². The Morgan fingerprint density at radius 3 is 2.54 bits per heavy atom. The molecule has 1 saturated carbocycles. The second-order valence-corrected chi connectivity index (χ2v) is 6.25. The van der Waals surface area contributed by atoms with Crippen LogP contribution in [0.25, 0.3) is 0 Å². The van der Waals surface area contributed by atoms with Crippen LogP contribution in [0, 0.1) is 0 Å². The summed E-state index contributed by atoms with van der Waals surface area (Å²) in [5, 5.41) is 5.66. The Labute approximate surface area is 145 Å². The number of urea groups is 1. The first-order valence-electron chi connectivity index (χ1n) is 9.17. The Balaban J connectivity index is 1.59. The molecule has 0 saturated heterocycles. The molecule has 1 aliphatic carbocycles. The van der Waals surface area contributed by atoms with Crippen molar-refractivity contribution < 1.29 is 14.3 Å². The van der Waals surface area contributed by atoms with Gasteiger partial charge in [-0.25, -0.2) is 4.79 Å². The molecule has 2 rings (SSSR count). The number of hydrogen-bond acceptors (Lipinski definition) is 3. The van der Waals surface area contributed by atoms with Gasteiger partial charge in [-0.05, 0) is 62.8 Å². The van der Waals surface area contributed by atoms with E-state index in [1.54, 1.807) is 0 Å². The normalized spacial score (nSPS) is 14.5. The van der Waals surface area contributed by atoms with E-state index in [9.17, 15) is 4.79 Å². The molecule has 0 aromatic heterocycles. The summed E-state index contributed by atoms with van der Waals surface area (Å²) in [4.78, 5) is 11.8. The molecular formula is C19H30N2O3. The number of carbonyl (C=O) groups excluding carboxylic acids is 1. The average molecular weight is 334 g/mol. The summed E-state index contributed by atoms with van der Waals surface area (Å²) in [7, 11) is 0. The SMILES string of the molecule is CCCCOCCCNC(=O)Nc1ccc(OC2CCCC2)cc1. The maximum atomic E-state index is 11.8. The van der Waals surface area contributed by atoms with Gasteiger partial charge in [0, 0.05) is 25.4 Å². The van der Waals surface area contributed by atoms with E-state index in [4.69, 9.17) is 9.47 Å². The van der Waals surface area contributed by atoms with Gasteiger partial charge < -0.3 is 20.1 Å². The molecule has 1 aliphatic rings. The lowest BCUT2D eigenvalue weighted by molar-refractivity contribution is 0.129. The Bertz CT molecular complexity index is 470. The molecule has 5 heteroatoms. The van der Waals surface area contributed by atoms with Gasteiger partial charge in [-0.15, -0.1) is 0 Å². The van der Waals surface area contributed by atoms with Crippen LogP contribution in [0.2, 0.25) is 0 Å². The van der Waals surface area contributed by atoms with Crippen molar-refractivity contribution in [3.8, 4) is 5.75 Å². The number of amides is 2. The van der Waals surface area contributed by atoms with Crippen molar-refractivity contribution >= 4 is 11.7 Å². The van der Waals surface area contributed by atoms with E-state index in [0.29, 0.717) is 19.3 Å². The van der Waals surface area contributed by atoms with Crippen LogP contribution >= 0.6 is 0 Å². The molecule has 2 N–H and O–H groups in total. The number of unbranched alkanes of at least 4 members (excludes halogenated alkanes) is 1. The summed E-state index contributed by atoms with van der Waals surface area (Å²) in [5.41, 5.74) is 0.769. The molecule has 0 spiro atoms. The number of rotatable bonds is 10. The van der Waals surface area contributed by atoms with E-state index < -0.39 is 0 Å². The summed E-state index contributed by atoms with van der Waals surface area (Å²) in [6.45, 7) is 4.24. The minimum Gasteiger partial charge on any atom is -0.490 e. The number of ether oxygens (including phenoxy) is 2. The van der Waals surface area contributed by atoms with E-state index in [0.717, 1.165) is 50.1 Å². The fourth-order valence-corrected chi connectivity index (χ4v) is 2.72. The van der Waals surface area contributed by atoms with Gasteiger partial charge in [0.15, 0.2) is 0 Å². The number of hydrogen-bond donors (Lipinski definition) is 2. The maximum absolute atomic E-state index is 11.8. The molecule has 0 radical (unpaired) electrons. The number of benzene rings is 1. The molecule has 134 valence electrons. The second-order valence-electron chi connectivity index (χ2n) is 6.25. The van der Waals surface area contributed by atoms with E-state index in [1.165, 1.54) is 12.8 Å². The highest BCUT2D eigenvalue weighted by atomic mass is 16.5. The third kappa shape index (κ3) is 7.21. The quantitative estimate of drug-likeness (QED) is 0.626. The third-order valence-corrected chi connectivity index (χ3v) is 4.11. The minimum absolute atomic E-state index is 0.187. The third-order valence-electron chi connectivity index (χ3n) is 4.11. The molecule has 24 heavy (non-hydrogen) atoms. The Morgan fingerprint density at radius 2 is 1.83 bits per heavy atom. The molecule has 1 fully saturated rings. The highest BCUT2D eigenvalue weighted by Gasteiger charge is 2.16. The van der Waals surface area contributed by atoms with Crippen molar-refractivity contribution in [2.45, 2.75) is 58.0 Å². The van der Waals surface area contributed by atoms with Gasteiger partial charge in [-0.3, -0.25) is 0 Å². The van der Waals surface area contributed by atoms with E-state index >= 15 is 0 Å². The fraction of sp³-hybridized carbons (Fsp3) is 0.632. The van der Waals surface area contributed by atoms with Crippen LogP contribution in [0.4, 0.5) is 10.5 Å². The average Bonchev–Trinajstić information content (AvgIpc) is 3.09. The summed E-state index contributed by atoms with van der Waals surface area (Å²) in [5.74, 6) is 0.872. The Kier molecular flexibility index (Phi) is 8.46. The Hall–Kier alpha value is -1.75. The first-order valence-corrected chi connectivity index (χ1v) is 9.17. The van der Waals surface area contributed by atoms with Gasteiger partial charge >= 0.3 is 6.03 Å². The number of anilines is 1. The van der Waals surface area contributed by atoms with Crippen LogP contribution in [0.5, 0.6) is 5.75 Å². The molecule has 0 unspecified atom stereocenters. The Morgan fingerprint density at radius 1 is 1.12 bits per heavy atom. The molecule has 2 amide bonds. The molecule has 1 aromatic rings. The highest BCUT2D eigenvalue weighted by Crippen LogP contribution is 2.24. The summed E-state index contributed by atoms with van der Waals surface area (Å²) in [6.07, 6.45) is 8.22. The van der Waals surface area contributed by atoms with E-state index in [1.807, 2.05) is 24.3 Å². The lowest BCUT2D eigenvalue weighted by Gasteiger charge is -2.13. The van der Waals surface area contributed by atoms with Crippen molar-refractivity contribution in [3.05, 3.63) is 24.3 Å². The lowest BCUT2D eigenvalue weighted by atomic mass is 10.3. The van der Waals surface area contributed by atoms with Crippen molar-refractivity contribution in [2.24, 2.45) is 0 Å². The lowest BCUT2D eigenvalue weighted by Crippen LogP contribution is -2.30. The molecule has 0 bridgehead atoms. The van der Waals surface area contributed by atoms with Gasteiger partial charge in [0.25, 0.3) is 0 Å². The van der Waals surface area contributed by atoms with E-state index in [2.05, 4.69) is 17.6 Å². The standard InChI is InChI=1S/C19H30N2O3/c1-2-3-14-23-15-6-13-20-19(22)21-16-9-11-18(12-10-16)24-17-7-4-5-8-17/h9-12,17H,2-8,13-15H2,1H3,(H2,20,21,22). The van der Waals surface area contributed by atoms with Gasteiger partial charge in [0.05, 0.1) is 6.10 Å². The predicted molar refractivity (Wildman–Crippen MR) is 96.7 cm³/mol. The summed E-state index contributed by atoms with van der Waals surface area (Å²) < 4.78 is 11.4. The van der Waals surface area contributed by atoms with Crippen molar-refractivity contribution in [2.75, 3.05) is 25.1 Å². The largest absolute Gasteiger partial charge is 0.490 e. The van der Waals surface area contributed by atoms with Gasteiger partial charge in [0.2, 0.25) is 0 Å². The number of carbonyl (C=O) groups is 1. The van der Waals surface area contributed by atoms with Crippen LogP contribution in [-0.2, 0) is 4.74 Å². The van der Waals surface area contributed by atoms with Crippen molar-refractivity contribution in [3.63, 3.8) is 0 Å². The van der Waals surface area contributed by atoms with Crippen LogP contribution in [0.1, 0.15) is 51.9 Å². The van der Waals surface area contributed by atoms with Crippen LogP contribution in [0.3, 0.4) is 0 Å². The van der Waals surface area contributed by atoms with Crippen molar-refractivity contribution in [1.29, 1.82) is 0 Å². The molecule has 5 nitrogen and oxygen atoms in total. The molecule has 0 aliphatic heterocycles. The zero-order valence-electron chi connectivity index (χ0n) is 14.7. The van der Waals surface area contributed by atoms with Crippen molar-refractivity contribution in [1.82, 2.24) is 5.32 Å². The van der Waals surface area contributed by atoms with E-state index in [-0.39, 0.29) is 6.03 Å². The van der Waals surface area contributed by atoms with Gasteiger partial charge in [-0.1, -0.05) is 13.3 Å². The zero-order chi connectivity index (χ0) is 17.0.